The zero-order valence-electron chi connectivity index (χ0n) is 27.6. The molecule has 0 aliphatic carbocycles. The van der Waals surface area contributed by atoms with Gasteiger partial charge in [-0.1, -0.05) is 170 Å². The lowest BCUT2D eigenvalue weighted by atomic mass is 9.99. The number of carbonyl (C=O) groups is 1. The molecule has 0 spiro atoms. The van der Waals surface area contributed by atoms with Crippen LogP contribution in [0.2, 0.25) is 0 Å². The van der Waals surface area contributed by atoms with Crippen molar-refractivity contribution in [2.75, 3.05) is 0 Å². The summed E-state index contributed by atoms with van der Waals surface area (Å²) < 4.78 is 0. The Morgan fingerprint density at radius 3 is 1.44 bits per heavy atom. The Morgan fingerprint density at radius 1 is 0.600 bits per heavy atom. The van der Waals surface area contributed by atoms with Crippen LogP contribution in [-0.4, -0.2) is 22.0 Å². The molecule has 4 aromatic carbocycles. The Kier molecular flexibility index (Phi) is 12.9. The van der Waals surface area contributed by atoms with E-state index in [1.165, 1.54) is 98.6 Å². The quantitative estimate of drug-likeness (QED) is 0.115. The molecule has 240 valence electrons. The van der Waals surface area contributed by atoms with Gasteiger partial charge in [0.2, 0.25) is 0 Å². The summed E-state index contributed by atoms with van der Waals surface area (Å²) in [5.41, 5.74) is 2.32. The molecule has 1 aliphatic heterocycles. The largest absolute Gasteiger partial charge is 0.383 e. The summed E-state index contributed by atoms with van der Waals surface area (Å²) in [6.07, 6.45) is 19.6. The Labute approximate surface area is 272 Å². The Hall–Kier alpha value is -3.17. The molecule has 0 unspecified atom stereocenters. The van der Waals surface area contributed by atoms with Gasteiger partial charge in [0, 0.05) is 0 Å². The fourth-order valence-corrected chi connectivity index (χ4v) is 7.43. The van der Waals surface area contributed by atoms with Gasteiger partial charge in [0.25, 0.3) is 5.91 Å². The van der Waals surface area contributed by atoms with E-state index in [1.54, 1.807) is 0 Å². The number of amides is 1. The molecule has 0 aromatic heterocycles. The van der Waals surface area contributed by atoms with Crippen molar-refractivity contribution in [3.05, 3.63) is 96.1 Å². The van der Waals surface area contributed by atoms with Crippen LogP contribution in [0, 0.1) is 0 Å². The summed E-state index contributed by atoms with van der Waals surface area (Å²) in [4.78, 5) is 16.1. The Balaban J connectivity index is 1.15. The molecule has 4 aromatic rings. The van der Waals surface area contributed by atoms with Crippen LogP contribution in [0.1, 0.15) is 139 Å². The number of nitrogens with zero attached hydrogens (tertiary/aromatic N) is 1. The van der Waals surface area contributed by atoms with Crippen LogP contribution in [-0.2, 0) is 4.79 Å². The van der Waals surface area contributed by atoms with E-state index in [4.69, 9.17) is 0 Å². The normalized spacial score (nSPS) is 17.3. The van der Waals surface area contributed by atoms with E-state index < -0.39 is 6.10 Å². The third-order valence-electron chi connectivity index (χ3n) is 10.1. The van der Waals surface area contributed by atoms with E-state index >= 15 is 0 Å². The van der Waals surface area contributed by atoms with Gasteiger partial charge in [-0.2, -0.15) is 0 Å². The highest BCUT2D eigenvalue weighted by atomic mass is 16.3. The minimum atomic E-state index is -0.952. The molecule has 0 bridgehead atoms. The summed E-state index contributed by atoms with van der Waals surface area (Å²) in [6.45, 7) is 2.28. The van der Waals surface area contributed by atoms with Crippen molar-refractivity contribution in [2.24, 2.45) is 0 Å². The molecule has 45 heavy (non-hydrogen) atoms. The maximum absolute atomic E-state index is 14.1. The van der Waals surface area contributed by atoms with Crippen molar-refractivity contribution < 1.29 is 9.90 Å². The molecule has 0 radical (unpaired) electrons. The lowest BCUT2D eigenvalue weighted by Crippen LogP contribution is -2.40. The molecule has 3 heteroatoms. The van der Waals surface area contributed by atoms with Gasteiger partial charge in [-0.25, -0.2) is 0 Å². The first-order chi connectivity index (χ1) is 22.2. The van der Waals surface area contributed by atoms with Crippen LogP contribution < -0.4 is 0 Å². The van der Waals surface area contributed by atoms with E-state index in [0.29, 0.717) is 6.42 Å². The van der Waals surface area contributed by atoms with Crippen LogP contribution in [0.5, 0.6) is 0 Å². The summed E-state index contributed by atoms with van der Waals surface area (Å²) in [5.74, 6) is -0.112. The van der Waals surface area contributed by atoms with Gasteiger partial charge < -0.3 is 10.0 Å². The highest BCUT2D eigenvalue weighted by Crippen LogP contribution is 2.45. The first kappa shape index (κ1) is 33.2. The van der Waals surface area contributed by atoms with Gasteiger partial charge in [0.15, 0.2) is 0 Å². The smallest absolute Gasteiger partial charge is 0.252 e. The topological polar surface area (TPSA) is 40.5 Å². The number of hydrogen-bond donors (Lipinski definition) is 1. The number of fused-ring (bicyclic) bond motifs is 2. The average Bonchev–Trinajstić information content (AvgIpc) is 3.53. The van der Waals surface area contributed by atoms with E-state index in [1.807, 2.05) is 4.90 Å². The SMILES string of the molecule is CCCCCCCCCCCCCCCC[C@@H](O)C(=O)N1[C@H](c2ccc3ccccc3c2)CC[C@H]1c1ccc2ccccc2c1. The summed E-state index contributed by atoms with van der Waals surface area (Å²) in [6, 6.07) is 29.9. The molecule has 0 saturated carbocycles. The zero-order valence-corrected chi connectivity index (χ0v) is 27.6. The first-order valence-electron chi connectivity index (χ1n) is 18.1. The van der Waals surface area contributed by atoms with Gasteiger partial charge in [0.1, 0.15) is 6.10 Å². The van der Waals surface area contributed by atoms with Crippen LogP contribution in [0.3, 0.4) is 0 Å². The second-order valence-corrected chi connectivity index (χ2v) is 13.5. The maximum atomic E-state index is 14.1. The highest BCUT2D eigenvalue weighted by Gasteiger charge is 2.40. The monoisotopic (exact) mass is 605 g/mol. The van der Waals surface area contributed by atoms with Gasteiger partial charge in [-0.3, -0.25) is 4.79 Å². The summed E-state index contributed by atoms with van der Waals surface area (Å²) in [7, 11) is 0. The van der Waals surface area contributed by atoms with Crippen LogP contribution >= 0.6 is 0 Å². The highest BCUT2D eigenvalue weighted by molar-refractivity contribution is 5.86. The van der Waals surface area contributed by atoms with E-state index in [9.17, 15) is 9.90 Å². The van der Waals surface area contributed by atoms with Crippen molar-refractivity contribution in [3.63, 3.8) is 0 Å². The van der Waals surface area contributed by atoms with E-state index in [-0.39, 0.29) is 18.0 Å². The maximum Gasteiger partial charge on any atom is 0.252 e. The number of aliphatic hydroxyl groups excluding tert-OH is 1. The van der Waals surface area contributed by atoms with E-state index in [2.05, 4.69) is 91.9 Å². The summed E-state index contributed by atoms with van der Waals surface area (Å²) in [5, 5.41) is 16.1. The third kappa shape index (κ3) is 9.19. The average molecular weight is 606 g/mol. The zero-order chi connectivity index (χ0) is 31.3. The van der Waals surface area contributed by atoms with Crippen molar-refractivity contribution in [1.29, 1.82) is 0 Å². The Bertz CT molecular complexity index is 1390. The predicted molar refractivity (Wildman–Crippen MR) is 190 cm³/mol. The fourth-order valence-electron chi connectivity index (χ4n) is 7.43. The molecule has 1 amide bonds. The van der Waals surface area contributed by atoms with Gasteiger partial charge >= 0.3 is 0 Å². The molecular weight excluding hydrogens is 550 g/mol. The lowest BCUT2D eigenvalue weighted by molar-refractivity contribution is -0.144. The molecule has 3 nitrogen and oxygen atoms in total. The van der Waals surface area contributed by atoms with Crippen molar-refractivity contribution in [1.82, 2.24) is 4.90 Å². The molecule has 1 N–H and O–H groups in total. The van der Waals surface area contributed by atoms with Gasteiger partial charge in [-0.05, 0) is 64.1 Å². The second kappa shape index (κ2) is 17.5. The number of aliphatic hydroxyl groups is 1. The summed E-state index contributed by atoms with van der Waals surface area (Å²) >= 11 is 0. The molecule has 3 atom stereocenters. The van der Waals surface area contributed by atoms with Gasteiger partial charge in [-0.15, -0.1) is 0 Å². The standard InChI is InChI=1S/C42H55NO2/c1-2-3-4-5-6-7-8-9-10-11-12-13-14-15-24-41(44)42(45)43-39(37-27-25-33-20-16-18-22-35(33)31-37)29-30-40(43)38-28-26-34-21-17-19-23-36(34)32-38/h16-23,25-28,31-32,39-41,44H,2-15,24,29-30H2,1H3/t39-,40-,41+/m0/s1. The number of benzene rings is 4. The number of rotatable bonds is 18. The molecule has 1 aliphatic rings. The Morgan fingerprint density at radius 2 is 1.00 bits per heavy atom. The minimum Gasteiger partial charge on any atom is -0.383 e. The van der Waals surface area contributed by atoms with Crippen molar-refractivity contribution in [3.8, 4) is 0 Å². The first-order valence-corrected chi connectivity index (χ1v) is 18.1. The van der Waals surface area contributed by atoms with Crippen molar-refractivity contribution in [2.45, 2.75) is 134 Å². The number of likely N-dealkylation sites (tertiary alicyclic amines) is 1. The molecule has 1 fully saturated rings. The third-order valence-corrected chi connectivity index (χ3v) is 10.1. The number of unbranched alkanes of at least 4 members (excludes halogenated alkanes) is 13. The van der Waals surface area contributed by atoms with Gasteiger partial charge in [0.05, 0.1) is 12.1 Å². The fraction of sp³-hybridized carbons (Fsp3) is 0.500. The number of hydrogen-bond acceptors (Lipinski definition) is 2. The molecular formula is C42H55NO2. The van der Waals surface area contributed by atoms with Crippen molar-refractivity contribution >= 4 is 27.5 Å². The minimum absolute atomic E-state index is 0.0374. The lowest BCUT2D eigenvalue weighted by Gasteiger charge is -2.33. The second-order valence-electron chi connectivity index (χ2n) is 13.5. The van der Waals surface area contributed by atoms with E-state index in [0.717, 1.165) is 36.8 Å². The van der Waals surface area contributed by atoms with Crippen LogP contribution in [0.15, 0.2) is 84.9 Å². The van der Waals surface area contributed by atoms with Crippen LogP contribution in [0.4, 0.5) is 0 Å². The molecule has 1 heterocycles. The predicted octanol–water partition coefficient (Wildman–Crippen LogP) is 11.6. The number of carbonyl (C=O) groups excluding carboxylic acids is 1. The molecule has 1 saturated heterocycles. The molecule has 5 rings (SSSR count). The van der Waals surface area contributed by atoms with Crippen LogP contribution in [0.25, 0.3) is 21.5 Å².